The number of rotatable bonds is 28. The van der Waals surface area contributed by atoms with Crippen molar-refractivity contribution in [3.63, 3.8) is 0 Å². The van der Waals surface area contributed by atoms with Crippen molar-refractivity contribution in [2.75, 3.05) is 25.0 Å². The van der Waals surface area contributed by atoms with Gasteiger partial charge in [0, 0.05) is 43.7 Å². The van der Waals surface area contributed by atoms with Crippen LogP contribution in [-0.4, -0.2) is 159 Å². The summed E-state index contributed by atoms with van der Waals surface area (Å²) < 4.78 is 22.1. The Hall–Kier alpha value is -5.17. The van der Waals surface area contributed by atoms with Gasteiger partial charge in [-0.1, -0.05) is 13.3 Å². The molecule has 0 aliphatic carbocycles. The minimum atomic E-state index is -4.41. The van der Waals surface area contributed by atoms with Gasteiger partial charge in [0.1, 0.15) is 6.04 Å². The molecule has 0 saturated heterocycles. The van der Waals surface area contributed by atoms with Crippen LogP contribution in [0.4, 0.5) is 0 Å². The molecule has 0 aromatic rings. The standard InChI is InChI=1S/2C9H16N2O5.C9H20NO4P.C6H11O7P.CO2/c1-5(2-3-8(13)14)11-7(12)4-6(10)9(15)16;1-5(2-3-7(12)13)11-9(16)6(10)4-8(14)15;1-2-4-8(9(11)12)7-15(13,14)6-3-5-10;7-5(8)2-1-4(6(9)10)3-14(11,12)13;2-1-3/h5-6H,2-4,10H2,1H3,(H,11,12)(H,13,14)(H,15,16);5-6H,2-4,10H2,1H3,(H,11,16)(H,12,13)(H,14,15);8H,2-7,10H2,1H3,(H,11,12)(H,13,14);4H,1-3H2,(H,7,8)(H,9,10)(H2,11,12,13);/t2*5-,6-;;;/m00.../s1. The van der Waals surface area contributed by atoms with Crippen LogP contribution in [0.25, 0.3) is 0 Å². The lowest BCUT2D eigenvalue weighted by Gasteiger charge is -2.16. The number of carbonyl (C=O) groups is 9. The third kappa shape index (κ3) is 49.5. The van der Waals surface area contributed by atoms with Crippen LogP contribution >= 0.6 is 15.0 Å². The molecule has 18 N–H and O–H groups in total. The molecule has 0 bridgehead atoms. The molecular weight excluding hydrogens is 908 g/mol. The summed E-state index contributed by atoms with van der Waals surface area (Å²) in [5.41, 5.74) is 15.7. The van der Waals surface area contributed by atoms with Gasteiger partial charge < -0.3 is 78.3 Å². The number of hydrogen-bond donors (Lipinski definition) is 15. The molecule has 0 heterocycles. The second kappa shape index (κ2) is 38.3. The number of amides is 2. The number of aliphatic carboxylic acids is 7. The van der Waals surface area contributed by atoms with Gasteiger partial charge in [-0.2, -0.15) is 9.59 Å². The zero-order valence-corrected chi connectivity index (χ0v) is 37.3. The molecule has 30 heteroatoms. The predicted octanol–water partition coefficient (Wildman–Crippen LogP) is -1.43. The van der Waals surface area contributed by atoms with Crippen LogP contribution in [0.15, 0.2) is 0 Å². The fourth-order valence-corrected chi connectivity index (χ4v) is 7.17. The largest absolute Gasteiger partial charge is 0.481 e. The fourth-order valence-electron chi connectivity index (χ4n) is 4.37. The zero-order valence-electron chi connectivity index (χ0n) is 35.5. The molecule has 3 unspecified atom stereocenters. The highest BCUT2D eigenvalue weighted by molar-refractivity contribution is 7.58. The van der Waals surface area contributed by atoms with Crippen LogP contribution < -0.4 is 27.8 Å². The quantitative estimate of drug-likeness (QED) is 0.0400. The van der Waals surface area contributed by atoms with E-state index in [0.29, 0.717) is 32.2 Å². The van der Waals surface area contributed by atoms with E-state index < -0.39 is 111 Å². The molecule has 0 spiro atoms. The van der Waals surface area contributed by atoms with E-state index in [1.165, 1.54) is 0 Å². The van der Waals surface area contributed by atoms with Crippen LogP contribution in [0.3, 0.4) is 0 Å². The first-order valence-electron chi connectivity index (χ1n) is 18.9. The fraction of sp³-hybridized carbons (Fsp3) is 0.706. The Kier molecular flexibility index (Phi) is 40.6. The molecule has 0 aliphatic rings. The maximum absolute atomic E-state index is 11.6. The van der Waals surface area contributed by atoms with E-state index in [1.54, 1.807) is 13.8 Å². The van der Waals surface area contributed by atoms with Gasteiger partial charge in [0.25, 0.3) is 0 Å². The van der Waals surface area contributed by atoms with E-state index in [-0.39, 0.29) is 62.7 Å². The predicted molar refractivity (Wildman–Crippen MR) is 219 cm³/mol. The molecule has 0 fully saturated rings. The Bertz CT molecular complexity index is 1600. The monoisotopic (exact) mass is 971 g/mol. The van der Waals surface area contributed by atoms with Crippen molar-refractivity contribution in [3.05, 3.63) is 0 Å². The minimum absolute atomic E-state index is 0.0492. The van der Waals surface area contributed by atoms with E-state index in [0.717, 1.165) is 0 Å². The van der Waals surface area contributed by atoms with Crippen molar-refractivity contribution in [1.82, 2.24) is 10.6 Å². The Morgan fingerprint density at radius 2 is 1.00 bits per heavy atom. The number of carbonyl (C=O) groups excluding carboxylic acids is 4. The summed E-state index contributed by atoms with van der Waals surface area (Å²) in [7, 11) is -7.72. The topological polar surface area (TPSA) is 526 Å². The van der Waals surface area contributed by atoms with Gasteiger partial charge in [0.05, 0.1) is 36.9 Å². The van der Waals surface area contributed by atoms with E-state index >= 15 is 0 Å². The second-order valence-corrected chi connectivity index (χ2v) is 17.9. The van der Waals surface area contributed by atoms with Crippen molar-refractivity contribution in [2.45, 2.75) is 116 Å². The molecule has 0 rings (SSSR count). The van der Waals surface area contributed by atoms with Gasteiger partial charge in [0.2, 0.25) is 19.2 Å². The SMILES string of the molecule is CCCC(CP(=O)(O)CCCN)C(=O)O.C[C@@H](CCC(=O)O)NC(=O)C[C@H](N)C(=O)O.C[C@@H](CCC(=O)O)NC(=O)[C@@H](N)CC(=O)O.O=C(O)CCC(CP(=O)(O)O)C(=O)O.O=C=O. The highest BCUT2D eigenvalue weighted by Crippen LogP contribution is 2.43. The van der Waals surface area contributed by atoms with Gasteiger partial charge >= 0.3 is 55.5 Å². The first-order chi connectivity index (χ1) is 29.2. The molecule has 64 heavy (non-hydrogen) atoms. The Morgan fingerprint density at radius 1 is 0.594 bits per heavy atom. The van der Waals surface area contributed by atoms with Crippen LogP contribution in [0.1, 0.15) is 91.4 Å². The lowest BCUT2D eigenvalue weighted by molar-refractivity contribution is -0.192. The minimum Gasteiger partial charge on any atom is -0.481 e. The zero-order chi connectivity index (χ0) is 51.4. The third-order valence-corrected chi connectivity index (χ3v) is 10.5. The normalized spacial score (nSPS) is 14.0. The molecule has 372 valence electrons. The van der Waals surface area contributed by atoms with Crippen LogP contribution in [0, 0.1) is 11.8 Å². The molecule has 0 aromatic carbocycles. The summed E-state index contributed by atoms with van der Waals surface area (Å²) in [6.07, 6.45) is 0.0364. The van der Waals surface area contributed by atoms with Crippen LogP contribution in [-0.2, 0) is 61.9 Å². The maximum Gasteiger partial charge on any atom is 0.373 e. The average molecular weight is 972 g/mol. The number of carboxylic acid groups (broad SMARTS) is 7. The van der Waals surface area contributed by atoms with E-state index in [9.17, 15) is 57.2 Å². The highest BCUT2D eigenvalue weighted by atomic mass is 31.2. The summed E-state index contributed by atoms with van der Waals surface area (Å²) >= 11 is 0. The first kappa shape index (κ1) is 67.9. The van der Waals surface area contributed by atoms with Crippen molar-refractivity contribution in [3.8, 4) is 0 Å². The smallest absolute Gasteiger partial charge is 0.373 e. The second-order valence-electron chi connectivity index (χ2n) is 13.7. The van der Waals surface area contributed by atoms with Crippen molar-refractivity contribution >= 4 is 74.7 Å². The van der Waals surface area contributed by atoms with E-state index in [4.69, 9.17) is 72.3 Å². The molecular formula is C34H63N5O23P2. The van der Waals surface area contributed by atoms with Crippen molar-refractivity contribution in [1.29, 1.82) is 0 Å². The number of hydrogen-bond acceptors (Lipinski definition) is 16. The molecule has 28 nitrogen and oxygen atoms in total. The average Bonchev–Trinajstić information content (AvgIpc) is 3.13. The molecule has 0 aliphatic heterocycles. The van der Waals surface area contributed by atoms with Crippen molar-refractivity contribution < 1.29 is 112 Å². The summed E-state index contributed by atoms with van der Waals surface area (Å²) in [6, 6.07) is -3.00. The Labute approximate surface area is 366 Å². The lowest BCUT2D eigenvalue weighted by Crippen LogP contribution is -2.45. The summed E-state index contributed by atoms with van der Waals surface area (Å²) in [6.45, 7) is 5.50. The van der Waals surface area contributed by atoms with Gasteiger partial charge in [-0.3, -0.25) is 52.3 Å². The molecule has 0 saturated carbocycles. The molecule has 0 radical (unpaired) electrons. The third-order valence-electron chi connectivity index (χ3n) is 7.55. The highest BCUT2D eigenvalue weighted by Gasteiger charge is 2.29. The number of carboxylic acids is 7. The van der Waals surface area contributed by atoms with E-state index in [2.05, 4.69) is 10.6 Å². The number of nitrogens with two attached hydrogens (primary N) is 3. The van der Waals surface area contributed by atoms with Gasteiger partial charge in [-0.05, 0) is 52.5 Å². The Morgan fingerprint density at radius 3 is 1.34 bits per heavy atom. The summed E-state index contributed by atoms with van der Waals surface area (Å²) in [5, 5.41) is 64.2. The van der Waals surface area contributed by atoms with Gasteiger partial charge in [-0.15, -0.1) is 0 Å². The van der Waals surface area contributed by atoms with Crippen LogP contribution in [0.5, 0.6) is 0 Å². The summed E-state index contributed by atoms with van der Waals surface area (Å²) in [5.74, 6) is -11.0. The number of nitrogens with one attached hydrogen (secondary N) is 2. The Balaban J connectivity index is -0.000000237. The van der Waals surface area contributed by atoms with Gasteiger partial charge in [-0.25, -0.2) is 0 Å². The van der Waals surface area contributed by atoms with Crippen LogP contribution in [0.2, 0.25) is 0 Å². The van der Waals surface area contributed by atoms with E-state index in [1.807, 2.05) is 6.92 Å². The molecule has 2 amide bonds. The summed E-state index contributed by atoms with van der Waals surface area (Å²) in [4.78, 5) is 138. The van der Waals surface area contributed by atoms with Gasteiger partial charge in [0.15, 0.2) is 0 Å². The molecule has 7 atom stereocenters. The molecule has 0 aromatic heterocycles. The maximum atomic E-state index is 11.6. The lowest BCUT2D eigenvalue weighted by atomic mass is 10.1. The first-order valence-corrected chi connectivity index (χ1v) is 22.8. The van der Waals surface area contributed by atoms with Crippen molar-refractivity contribution in [2.24, 2.45) is 29.0 Å².